The second-order valence-corrected chi connectivity index (χ2v) is 12.3. The summed E-state index contributed by atoms with van der Waals surface area (Å²) in [5.74, 6) is -0.206. The van der Waals surface area contributed by atoms with Crippen LogP contribution in [0.2, 0.25) is 0 Å². The SMILES string of the molecule is CCCCN(Cc1cccn1Cc1ccc(Br)cc1)C(=O)CN(CCCOC)S(=O)(=O)c1ccc(C)cc1. The number of aryl methyl sites for hydroxylation is 1. The summed E-state index contributed by atoms with van der Waals surface area (Å²) in [6, 6.07) is 18.9. The fourth-order valence-electron chi connectivity index (χ4n) is 4.15. The highest BCUT2D eigenvalue weighted by atomic mass is 79.9. The second-order valence-electron chi connectivity index (χ2n) is 9.42. The minimum Gasteiger partial charge on any atom is -0.385 e. The number of methoxy groups -OCH3 is 1. The lowest BCUT2D eigenvalue weighted by atomic mass is 10.2. The second kappa shape index (κ2) is 14.6. The lowest BCUT2D eigenvalue weighted by molar-refractivity contribution is -0.132. The summed E-state index contributed by atoms with van der Waals surface area (Å²) in [5.41, 5.74) is 3.14. The van der Waals surface area contributed by atoms with Crippen LogP contribution in [0, 0.1) is 6.92 Å². The van der Waals surface area contributed by atoms with Gasteiger partial charge in [0.1, 0.15) is 0 Å². The van der Waals surface area contributed by atoms with E-state index >= 15 is 0 Å². The first-order valence-electron chi connectivity index (χ1n) is 13.0. The van der Waals surface area contributed by atoms with Crippen molar-refractivity contribution in [1.29, 1.82) is 0 Å². The standard InChI is InChI=1S/C29H38BrN3O4S/c1-4-5-17-32(22-27-8-6-18-31(27)21-25-11-13-26(30)14-12-25)29(34)23-33(19-7-20-37-3)38(35,36)28-15-9-24(2)10-16-28/h6,8-16,18H,4-5,7,17,19-23H2,1-3H3. The van der Waals surface area contributed by atoms with Gasteiger partial charge in [0.25, 0.3) is 0 Å². The van der Waals surface area contributed by atoms with E-state index in [0.717, 1.165) is 34.1 Å². The third kappa shape index (κ3) is 8.53. The largest absolute Gasteiger partial charge is 0.385 e. The number of unbranched alkanes of at least 4 members (excludes halogenated alkanes) is 1. The Morgan fingerprint density at radius 2 is 1.71 bits per heavy atom. The summed E-state index contributed by atoms with van der Waals surface area (Å²) in [4.78, 5) is 15.6. The minimum absolute atomic E-state index is 0.191. The Morgan fingerprint density at radius 3 is 2.37 bits per heavy atom. The van der Waals surface area contributed by atoms with Gasteiger partial charge in [-0.25, -0.2) is 8.42 Å². The molecule has 0 saturated carbocycles. The number of halogens is 1. The normalized spacial score (nSPS) is 11.7. The quantitative estimate of drug-likeness (QED) is 0.216. The molecule has 38 heavy (non-hydrogen) atoms. The van der Waals surface area contributed by atoms with E-state index in [1.165, 1.54) is 4.31 Å². The number of nitrogens with zero attached hydrogens (tertiary/aromatic N) is 3. The molecular weight excluding hydrogens is 566 g/mol. The Kier molecular flexibility index (Phi) is 11.6. The van der Waals surface area contributed by atoms with E-state index < -0.39 is 10.0 Å². The van der Waals surface area contributed by atoms with Crippen LogP contribution in [0.25, 0.3) is 0 Å². The Bertz CT molecular complexity index is 1260. The minimum atomic E-state index is -3.84. The summed E-state index contributed by atoms with van der Waals surface area (Å²) < 4.78 is 36.6. The summed E-state index contributed by atoms with van der Waals surface area (Å²) >= 11 is 3.48. The number of aromatic nitrogens is 1. The summed E-state index contributed by atoms with van der Waals surface area (Å²) in [6.07, 6.45) is 4.29. The van der Waals surface area contributed by atoms with Crippen LogP contribution in [-0.4, -0.2) is 61.4 Å². The number of carbonyl (C=O) groups excluding carboxylic acids is 1. The molecule has 0 saturated heterocycles. The van der Waals surface area contributed by atoms with Crippen LogP contribution < -0.4 is 0 Å². The molecule has 7 nitrogen and oxygen atoms in total. The van der Waals surface area contributed by atoms with Gasteiger partial charge in [-0.1, -0.05) is 59.1 Å². The number of sulfonamides is 1. The molecule has 0 fully saturated rings. The van der Waals surface area contributed by atoms with Crippen LogP contribution >= 0.6 is 15.9 Å². The smallest absolute Gasteiger partial charge is 0.243 e. The van der Waals surface area contributed by atoms with Gasteiger partial charge in [0.2, 0.25) is 15.9 Å². The molecular formula is C29H38BrN3O4S. The molecule has 1 amide bonds. The van der Waals surface area contributed by atoms with Crippen molar-refractivity contribution >= 4 is 31.9 Å². The van der Waals surface area contributed by atoms with Gasteiger partial charge in [-0.3, -0.25) is 4.79 Å². The van der Waals surface area contributed by atoms with Crippen molar-refractivity contribution in [3.05, 3.63) is 88.2 Å². The number of hydrogen-bond donors (Lipinski definition) is 0. The number of amides is 1. The van der Waals surface area contributed by atoms with Crippen molar-refractivity contribution in [3.63, 3.8) is 0 Å². The zero-order valence-corrected chi connectivity index (χ0v) is 24.9. The molecule has 0 unspecified atom stereocenters. The van der Waals surface area contributed by atoms with Crippen LogP contribution in [0.4, 0.5) is 0 Å². The van der Waals surface area contributed by atoms with Gasteiger partial charge in [-0.15, -0.1) is 0 Å². The molecule has 0 aliphatic carbocycles. The van der Waals surface area contributed by atoms with Crippen LogP contribution in [0.3, 0.4) is 0 Å². The number of hydrogen-bond acceptors (Lipinski definition) is 4. The molecule has 206 valence electrons. The molecule has 0 N–H and O–H groups in total. The zero-order chi connectivity index (χ0) is 27.5. The van der Waals surface area contributed by atoms with E-state index in [1.807, 2.05) is 37.4 Å². The number of benzene rings is 2. The summed E-state index contributed by atoms with van der Waals surface area (Å²) in [6.45, 7) is 6.07. The van der Waals surface area contributed by atoms with Gasteiger partial charge in [-0.2, -0.15) is 4.31 Å². The average molecular weight is 605 g/mol. The van der Waals surface area contributed by atoms with Crippen molar-refractivity contribution in [1.82, 2.24) is 13.8 Å². The highest BCUT2D eigenvalue weighted by Crippen LogP contribution is 2.19. The van der Waals surface area contributed by atoms with Gasteiger partial charge in [0.15, 0.2) is 0 Å². The Hall–Kier alpha value is -2.46. The topological polar surface area (TPSA) is 71.9 Å². The van der Waals surface area contributed by atoms with Gasteiger partial charge in [-0.05, 0) is 61.7 Å². The predicted molar refractivity (Wildman–Crippen MR) is 154 cm³/mol. The van der Waals surface area contributed by atoms with E-state index in [2.05, 4.69) is 39.6 Å². The number of carbonyl (C=O) groups is 1. The van der Waals surface area contributed by atoms with Crippen molar-refractivity contribution in [2.45, 2.75) is 51.1 Å². The van der Waals surface area contributed by atoms with Crippen LogP contribution in [-0.2, 0) is 32.6 Å². The Morgan fingerprint density at radius 1 is 1.00 bits per heavy atom. The maximum atomic E-state index is 13.6. The van der Waals surface area contributed by atoms with Crippen LogP contribution in [0.5, 0.6) is 0 Å². The molecule has 1 aromatic heterocycles. The fourth-order valence-corrected chi connectivity index (χ4v) is 5.84. The van der Waals surface area contributed by atoms with Gasteiger partial charge in [0.05, 0.1) is 18.0 Å². The molecule has 0 radical (unpaired) electrons. The molecule has 0 spiro atoms. The molecule has 1 heterocycles. The predicted octanol–water partition coefficient (Wildman–Crippen LogP) is 5.46. The van der Waals surface area contributed by atoms with Crippen LogP contribution in [0.1, 0.15) is 43.0 Å². The van der Waals surface area contributed by atoms with E-state index in [4.69, 9.17) is 4.74 Å². The van der Waals surface area contributed by atoms with E-state index in [9.17, 15) is 13.2 Å². The molecule has 3 rings (SSSR count). The Labute approximate surface area is 235 Å². The van der Waals surface area contributed by atoms with E-state index in [-0.39, 0.29) is 23.9 Å². The van der Waals surface area contributed by atoms with Crippen molar-refractivity contribution < 1.29 is 17.9 Å². The molecule has 2 aromatic carbocycles. The van der Waals surface area contributed by atoms with Crippen LogP contribution in [0.15, 0.2) is 76.2 Å². The maximum Gasteiger partial charge on any atom is 0.243 e. The monoisotopic (exact) mass is 603 g/mol. The average Bonchev–Trinajstić information content (AvgIpc) is 3.33. The first-order chi connectivity index (χ1) is 18.2. The molecule has 9 heteroatoms. The van der Waals surface area contributed by atoms with Gasteiger partial charge in [0, 0.05) is 49.7 Å². The van der Waals surface area contributed by atoms with E-state index in [0.29, 0.717) is 32.7 Å². The maximum absolute atomic E-state index is 13.6. The fraction of sp³-hybridized carbons (Fsp3) is 0.414. The summed E-state index contributed by atoms with van der Waals surface area (Å²) in [5, 5.41) is 0. The van der Waals surface area contributed by atoms with Crippen molar-refractivity contribution in [2.75, 3.05) is 33.4 Å². The zero-order valence-electron chi connectivity index (χ0n) is 22.5. The summed E-state index contributed by atoms with van der Waals surface area (Å²) in [7, 11) is -2.26. The Balaban J connectivity index is 1.80. The van der Waals surface area contributed by atoms with Gasteiger partial charge >= 0.3 is 0 Å². The lowest BCUT2D eigenvalue weighted by Crippen LogP contribution is -2.43. The third-order valence-electron chi connectivity index (χ3n) is 6.40. The highest BCUT2D eigenvalue weighted by Gasteiger charge is 2.28. The lowest BCUT2D eigenvalue weighted by Gasteiger charge is -2.28. The van der Waals surface area contributed by atoms with Gasteiger partial charge < -0.3 is 14.2 Å². The molecule has 3 aromatic rings. The van der Waals surface area contributed by atoms with E-state index in [1.54, 1.807) is 36.3 Å². The number of rotatable bonds is 15. The first-order valence-corrected chi connectivity index (χ1v) is 15.2. The van der Waals surface area contributed by atoms with Crippen molar-refractivity contribution in [3.8, 4) is 0 Å². The third-order valence-corrected chi connectivity index (χ3v) is 8.79. The molecule has 0 atom stereocenters. The molecule has 0 aliphatic heterocycles. The molecule has 0 aliphatic rings. The van der Waals surface area contributed by atoms with Crippen molar-refractivity contribution in [2.24, 2.45) is 0 Å². The molecule has 0 bridgehead atoms. The first kappa shape index (κ1) is 30.1. The highest BCUT2D eigenvalue weighted by molar-refractivity contribution is 9.10. The number of ether oxygens (including phenoxy) is 1.